The molecule has 0 spiro atoms. The summed E-state index contributed by atoms with van der Waals surface area (Å²) in [6.07, 6.45) is 6.80. The standard InChI is InChI=1S/C20H19N5O3/c26-19(15-11-22-16(12-21-15)20(27)28)25-9-5-4-8-17(25)18-23-10-14(24-18)13-6-2-1-3-7-13/h1-3,6-7,10-12,17H,4-5,8-9H2,(H,23,24)(H,27,28). The number of amides is 1. The van der Waals surface area contributed by atoms with E-state index in [4.69, 9.17) is 5.11 Å². The number of hydrogen-bond acceptors (Lipinski definition) is 5. The maximum absolute atomic E-state index is 13.0. The first-order valence-electron chi connectivity index (χ1n) is 9.10. The molecule has 0 bridgehead atoms. The van der Waals surface area contributed by atoms with Crippen LogP contribution in [0.4, 0.5) is 0 Å². The Morgan fingerprint density at radius 2 is 1.75 bits per heavy atom. The number of nitrogens with zero attached hydrogens (tertiary/aromatic N) is 4. The zero-order chi connectivity index (χ0) is 19.5. The molecule has 28 heavy (non-hydrogen) atoms. The highest BCUT2D eigenvalue weighted by atomic mass is 16.4. The van der Waals surface area contributed by atoms with Crippen LogP contribution in [0.5, 0.6) is 0 Å². The van der Waals surface area contributed by atoms with Crippen molar-refractivity contribution in [3.63, 3.8) is 0 Å². The molecule has 1 amide bonds. The number of aromatic amines is 1. The second-order valence-electron chi connectivity index (χ2n) is 6.65. The summed E-state index contributed by atoms with van der Waals surface area (Å²) in [5.41, 5.74) is 1.88. The van der Waals surface area contributed by atoms with Crippen LogP contribution >= 0.6 is 0 Å². The van der Waals surface area contributed by atoms with Crippen molar-refractivity contribution in [2.45, 2.75) is 25.3 Å². The van der Waals surface area contributed by atoms with Gasteiger partial charge in [-0.2, -0.15) is 0 Å². The van der Waals surface area contributed by atoms with Crippen molar-refractivity contribution >= 4 is 11.9 Å². The normalized spacial score (nSPS) is 16.7. The summed E-state index contributed by atoms with van der Waals surface area (Å²) >= 11 is 0. The molecule has 0 saturated carbocycles. The van der Waals surface area contributed by atoms with Crippen LogP contribution in [0.15, 0.2) is 48.9 Å². The van der Waals surface area contributed by atoms with Crippen molar-refractivity contribution in [3.8, 4) is 11.3 Å². The topological polar surface area (TPSA) is 112 Å². The minimum atomic E-state index is -1.17. The van der Waals surface area contributed by atoms with E-state index in [0.29, 0.717) is 6.54 Å². The highest BCUT2D eigenvalue weighted by Gasteiger charge is 2.31. The molecule has 1 aromatic carbocycles. The van der Waals surface area contributed by atoms with Gasteiger partial charge in [0.25, 0.3) is 5.91 Å². The maximum atomic E-state index is 13.0. The monoisotopic (exact) mass is 377 g/mol. The first-order valence-corrected chi connectivity index (χ1v) is 9.10. The lowest BCUT2D eigenvalue weighted by atomic mass is 10.0. The van der Waals surface area contributed by atoms with Gasteiger partial charge in [0.1, 0.15) is 11.5 Å². The zero-order valence-electron chi connectivity index (χ0n) is 15.1. The van der Waals surface area contributed by atoms with Crippen LogP contribution in [0.25, 0.3) is 11.3 Å². The van der Waals surface area contributed by atoms with Gasteiger partial charge in [-0.15, -0.1) is 0 Å². The average molecular weight is 377 g/mol. The number of piperidine rings is 1. The highest BCUT2D eigenvalue weighted by Crippen LogP contribution is 2.31. The molecule has 142 valence electrons. The maximum Gasteiger partial charge on any atom is 0.356 e. The third kappa shape index (κ3) is 3.48. The molecule has 8 nitrogen and oxygen atoms in total. The van der Waals surface area contributed by atoms with Gasteiger partial charge in [0.2, 0.25) is 0 Å². The Bertz CT molecular complexity index is 985. The van der Waals surface area contributed by atoms with Crippen molar-refractivity contribution in [2.75, 3.05) is 6.54 Å². The van der Waals surface area contributed by atoms with E-state index in [0.717, 1.165) is 42.5 Å². The van der Waals surface area contributed by atoms with Crippen LogP contribution in [0.2, 0.25) is 0 Å². The number of carboxylic acid groups (broad SMARTS) is 1. The minimum Gasteiger partial charge on any atom is -0.476 e. The van der Waals surface area contributed by atoms with Gasteiger partial charge < -0.3 is 15.0 Å². The summed E-state index contributed by atoms with van der Waals surface area (Å²) in [7, 11) is 0. The molecule has 3 heterocycles. The van der Waals surface area contributed by atoms with Gasteiger partial charge in [-0.1, -0.05) is 30.3 Å². The lowest BCUT2D eigenvalue weighted by molar-refractivity contribution is 0.0591. The van der Waals surface area contributed by atoms with E-state index in [9.17, 15) is 9.59 Å². The molecule has 1 aliphatic heterocycles. The number of carbonyl (C=O) groups excluding carboxylic acids is 1. The summed E-state index contributed by atoms with van der Waals surface area (Å²) in [6, 6.07) is 9.71. The molecule has 1 saturated heterocycles. The van der Waals surface area contributed by atoms with E-state index < -0.39 is 5.97 Å². The van der Waals surface area contributed by atoms with E-state index in [1.165, 1.54) is 6.20 Å². The third-order valence-electron chi connectivity index (χ3n) is 4.85. The molecule has 8 heteroatoms. The highest BCUT2D eigenvalue weighted by molar-refractivity contribution is 5.93. The largest absolute Gasteiger partial charge is 0.476 e. The molecule has 1 atom stereocenters. The van der Waals surface area contributed by atoms with Gasteiger partial charge in [-0.05, 0) is 24.8 Å². The molecular formula is C20H19N5O3. The minimum absolute atomic E-state index is 0.131. The van der Waals surface area contributed by atoms with Crippen molar-refractivity contribution < 1.29 is 14.7 Å². The Hall–Kier alpha value is -3.55. The predicted molar refractivity (Wildman–Crippen MR) is 101 cm³/mol. The Morgan fingerprint density at radius 3 is 2.46 bits per heavy atom. The first kappa shape index (κ1) is 17.8. The van der Waals surface area contributed by atoms with Gasteiger partial charge in [-0.3, -0.25) is 4.79 Å². The third-order valence-corrected chi connectivity index (χ3v) is 4.85. The quantitative estimate of drug-likeness (QED) is 0.723. The van der Waals surface area contributed by atoms with Gasteiger partial charge in [-0.25, -0.2) is 19.7 Å². The van der Waals surface area contributed by atoms with E-state index in [2.05, 4.69) is 19.9 Å². The average Bonchev–Trinajstić information content (AvgIpc) is 3.24. The SMILES string of the molecule is O=C(O)c1cnc(C(=O)N2CCCCC2c2ncc(-c3ccccc3)[nH]2)cn1. The number of rotatable bonds is 4. The summed E-state index contributed by atoms with van der Waals surface area (Å²) in [5.74, 6) is -0.708. The smallest absolute Gasteiger partial charge is 0.356 e. The van der Waals surface area contributed by atoms with Crippen LogP contribution in [0, 0.1) is 0 Å². The fourth-order valence-electron chi connectivity index (χ4n) is 3.43. The van der Waals surface area contributed by atoms with Gasteiger partial charge in [0.15, 0.2) is 5.69 Å². The molecule has 1 unspecified atom stereocenters. The molecule has 1 fully saturated rings. The first-order chi connectivity index (χ1) is 13.6. The number of hydrogen-bond donors (Lipinski definition) is 2. The Morgan fingerprint density at radius 1 is 1.00 bits per heavy atom. The molecule has 2 aromatic heterocycles. The van der Waals surface area contributed by atoms with Crippen molar-refractivity contribution in [3.05, 3.63) is 66.1 Å². The van der Waals surface area contributed by atoms with E-state index >= 15 is 0 Å². The van der Waals surface area contributed by atoms with Crippen LogP contribution in [-0.2, 0) is 0 Å². The summed E-state index contributed by atoms with van der Waals surface area (Å²) in [4.78, 5) is 41.3. The molecule has 0 aliphatic carbocycles. The Kier molecular flexibility index (Phi) is 4.84. The Labute approximate surface area is 161 Å². The summed E-state index contributed by atoms with van der Waals surface area (Å²) in [5, 5.41) is 8.94. The Balaban J connectivity index is 1.59. The number of carbonyl (C=O) groups is 2. The van der Waals surface area contributed by atoms with E-state index in [-0.39, 0.29) is 23.3 Å². The number of likely N-dealkylation sites (tertiary alicyclic amines) is 1. The molecule has 4 rings (SSSR count). The van der Waals surface area contributed by atoms with E-state index in [1.807, 2.05) is 30.3 Å². The second kappa shape index (κ2) is 7.59. The van der Waals surface area contributed by atoms with Gasteiger partial charge >= 0.3 is 5.97 Å². The molecular weight excluding hydrogens is 358 g/mol. The van der Waals surface area contributed by atoms with Crippen LogP contribution < -0.4 is 0 Å². The number of aromatic carboxylic acids is 1. The number of imidazole rings is 1. The summed E-state index contributed by atoms with van der Waals surface area (Å²) in [6.45, 7) is 0.591. The van der Waals surface area contributed by atoms with E-state index in [1.54, 1.807) is 11.1 Å². The second-order valence-corrected chi connectivity index (χ2v) is 6.65. The molecule has 1 aliphatic rings. The number of carboxylic acids is 1. The van der Waals surface area contributed by atoms with Crippen molar-refractivity contribution in [1.82, 2.24) is 24.8 Å². The van der Waals surface area contributed by atoms with Crippen LogP contribution in [0.3, 0.4) is 0 Å². The van der Waals surface area contributed by atoms with Crippen LogP contribution in [-0.4, -0.2) is 48.4 Å². The fraction of sp³-hybridized carbons (Fsp3) is 0.250. The lowest BCUT2D eigenvalue weighted by Crippen LogP contribution is -2.39. The number of benzene rings is 1. The van der Waals surface area contributed by atoms with Crippen LogP contribution in [0.1, 0.15) is 52.1 Å². The number of nitrogens with one attached hydrogen (secondary N) is 1. The zero-order valence-corrected chi connectivity index (χ0v) is 15.1. The predicted octanol–water partition coefficient (Wildman–Crippen LogP) is 2.93. The van der Waals surface area contributed by atoms with Gasteiger partial charge in [0.05, 0.1) is 30.3 Å². The van der Waals surface area contributed by atoms with Crippen molar-refractivity contribution in [2.24, 2.45) is 0 Å². The van der Waals surface area contributed by atoms with Gasteiger partial charge in [0, 0.05) is 6.54 Å². The lowest BCUT2D eigenvalue weighted by Gasteiger charge is -2.34. The summed E-state index contributed by atoms with van der Waals surface area (Å²) < 4.78 is 0. The fourth-order valence-corrected chi connectivity index (χ4v) is 3.43. The molecule has 0 radical (unpaired) electrons. The number of H-pyrrole nitrogens is 1. The van der Waals surface area contributed by atoms with Crippen molar-refractivity contribution in [1.29, 1.82) is 0 Å². The molecule has 2 N–H and O–H groups in total. The number of aromatic nitrogens is 4. The molecule has 3 aromatic rings.